The van der Waals surface area contributed by atoms with E-state index in [1.165, 1.54) is 12.1 Å². The molecule has 1 atom stereocenters. The van der Waals surface area contributed by atoms with Crippen molar-refractivity contribution in [1.29, 1.82) is 0 Å². The lowest BCUT2D eigenvalue weighted by Gasteiger charge is -2.11. The van der Waals surface area contributed by atoms with E-state index >= 15 is 0 Å². The minimum atomic E-state index is -4.69. The van der Waals surface area contributed by atoms with Crippen LogP contribution in [0.1, 0.15) is 38.7 Å². The van der Waals surface area contributed by atoms with Gasteiger partial charge in [0.05, 0.1) is 0 Å². The summed E-state index contributed by atoms with van der Waals surface area (Å²) in [6.07, 6.45) is 5.83. The second-order valence-electron chi connectivity index (χ2n) is 7.45. The quantitative estimate of drug-likeness (QED) is 0.529. The molecular weight excluding hydrogens is 391 g/mol. The summed E-state index contributed by atoms with van der Waals surface area (Å²) in [5, 5.41) is 2.94. The molecule has 30 heavy (non-hydrogen) atoms. The van der Waals surface area contributed by atoms with Crippen molar-refractivity contribution in [2.45, 2.75) is 45.9 Å². The number of nitrogens with one attached hydrogen (secondary N) is 1. The van der Waals surface area contributed by atoms with E-state index in [2.05, 4.69) is 30.5 Å². The first-order valence-electron chi connectivity index (χ1n) is 10.1. The van der Waals surface area contributed by atoms with Gasteiger partial charge in [-0.3, -0.25) is 4.79 Å². The Hall–Kier alpha value is -2.76. The molecule has 3 nitrogen and oxygen atoms in total. The van der Waals surface area contributed by atoms with Gasteiger partial charge in [0.2, 0.25) is 0 Å². The molecule has 0 radical (unpaired) electrons. The van der Waals surface area contributed by atoms with Gasteiger partial charge in [0.15, 0.2) is 0 Å². The van der Waals surface area contributed by atoms with Crippen LogP contribution in [-0.2, 0) is 11.2 Å². The smallest absolute Gasteiger partial charge is 0.406 e. The molecule has 0 heterocycles. The van der Waals surface area contributed by atoms with E-state index < -0.39 is 6.36 Å². The van der Waals surface area contributed by atoms with Gasteiger partial charge in [0.25, 0.3) is 5.91 Å². The SMILES string of the molecule is C=C1C=CC(CCCc2cccc(OC(F)(F)F)c2)=CC=C1C(=O)NCC(C)CC. The van der Waals surface area contributed by atoms with Crippen molar-refractivity contribution in [2.75, 3.05) is 6.54 Å². The molecule has 1 unspecified atom stereocenters. The zero-order chi connectivity index (χ0) is 22.1. The molecule has 0 aliphatic heterocycles. The van der Waals surface area contributed by atoms with Crippen molar-refractivity contribution in [3.05, 3.63) is 77.4 Å². The minimum absolute atomic E-state index is 0.135. The molecule has 0 spiro atoms. The maximum Gasteiger partial charge on any atom is 0.573 e. The molecule has 6 heteroatoms. The van der Waals surface area contributed by atoms with Gasteiger partial charge in [-0.2, -0.15) is 0 Å². The first-order valence-corrected chi connectivity index (χ1v) is 10.1. The van der Waals surface area contributed by atoms with Crippen LogP contribution in [0.3, 0.4) is 0 Å². The fourth-order valence-corrected chi connectivity index (χ4v) is 2.94. The van der Waals surface area contributed by atoms with Crippen molar-refractivity contribution in [3.8, 4) is 5.75 Å². The summed E-state index contributed by atoms with van der Waals surface area (Å²) in [7, 11) is 0. The average molecular weight is 419 g/mol. The van der Waals surface area contributed by atoms with Crippen molar-refractivity contribution >= 4 is 5.91 Å². The molecule has 0 bridgehead atoms. The predicted octanol–water partition coefficient (Wildman–Crippen LogP) is 6.05. The van der Waals surface area contributed by atoms with Crippen molar-refractivity contribution in [1.82, 2.24) is 5.32 Å². The molecule has 0 saturated carbocycles. The standard InChI is InChI=1S/C24H28F3NO2/c1-4-17(2)16-28-23(29)22-14-13-19(12-11-18(22)3)7-5-8-20-9-6-10-21(15-20)30-24(25,26)27/h6,9-15,17H,3-5,7-8,16H2,1-2H3,(H,28,29). The Morgan fingerprint density at radius 1 is 1.20 bits per heavy atom. The molecule has 0 saturated heterocycles. The Bertz CT molecular complexity index is 850. The van der Waals surface area contributed by atoms with E-state index in [1.807, 2.05) is 18.2 Å². The maximum absolute atomic E-state index is 12.4. The number of benzene rings is 1. The molecule has 1 aromatic carbocycles. The second-order valence-corrected chi connectivity index (χ2v) is 7.45. The number of allylic oxidation sites excluding steroid dienone is 5. The lowest BCUT2D eigenvalue weighted by molar-refractivity contribution is -0.274. The number of amides is 1. The molecule has 1 N–H and O–H groups in total. The fraction of sp³-hybridized carbons (Fsp3) is 0.375. The Balaban J connectivity index is 1.93. The van der Waals surface area contributed by atoms with Gasteiger partial charge in [0.1, 0.15) is 5.75 Å². The van der Waals surface area contributed by atoms with Crippen molar-refractivity contribution in [3.63, 3.8) is 0 Å². The number of carbonyl (C=O) groups is 1. The van der Waals surface area contributed by atoms with Crippen LogP contribution in [0, 0.1) is 5.92 Å². The Kier molecular flexibility index (Phi) is 8.51. The topological polar surface area (TPSA) is 38.3 Å². The first kappa shape index (κ1) is 23.5. The molecule has 1 amide bonds. The summed E-state index contributed by atoms with van der Waals surface area (Å²) >= 11 is 0. The maximum atomic E-state index is 12.4. The van der Waals surface area contributed by atoms with E-state index in [0.717, 1.165) is 30.4 Å². The highest BCUT2D eigenvalue weighted by molar-refractivity contribution is 5.99. The van der Waals surface area contributed by atoms with Crippen LogP contribution < -0.4 is 10.1 Å². The van der Waals surface area contributed by atoms with Crippen molar-refractivity contribution in [2.24, 2.45) is 5.92 Å². The summed E-state index contributed by atoms with van der Waals surface area (Å²) in [4.78, 5) is 12.4. The third-order valence-electron chi connectivity index (χ3n) is 4.92. The van der Waals surface area contributed by atoms with Crippen LogP contribution in [-0.4, -0.2) is 18.8 Å². The summed E-state index contributed by atoms with van der Waals surface area (Å²) in [5.74, 6) is 0.0695. The average Bonchev–Trinajstić information content (AvgIpc) is 2.86. The van der Waals surface area contributed by atoms with Gasteiger partial charge in [0, 0.05) is 12.1 Å². The molecule has 1 aromatic rings. The van der Waals surface area contributed by atoms with Crippen molar-refractivity contribution < 1.29 is 22.7 Å². The zero-order valence-corrected chi connectivity index (χ0v) is 17.4. The Morgan fingerprint density at radius 2 is 1.97 bits per heavy atom. The van der Waals surface area contributed by atoms with Gasteiger partial charge >= 0.3 is 6.36 Å². The highest BCUT2D eigenvalue weighted by Gasteiger charge is 2.31. The Labute approximate surface area is 176 Å². The predicted molar refractivity (Wildman–Crippen MR) is 113 cm³/mol. The number of hydrogen-bond donors (Lipinski definition) is 1. The number of alkyl halides is 3. The molecule has 162 valence electrons. The fourth-order valence-electron chi connectivity index (χ4n) is 2.94. The molecule has 1 aliphatic carbocycles. The number of hydrogen-bond acceptors (Lipinski definition) is 2. The van der Waals surface area contributed by atoms with Crippen LogP contribution >= 0.6 is 0 Å². The van der Waals surface area contributed by atoms with Crippen LogP contribution in [0.2, 0.25) is 0 Å². The van der Waals surface area contributed by atoms with Crippen LogP contribution in [0.15, 0.2) is 71.9 Å². The normalized spacial score (nSPS) is 15.2. The summed E-state index contributed by atoms with van der Waals surface area (Å²) in [6, 6.07) is 6.03. The van der Waals surface area contributed by atoms with Crippen LogP contribution in [0.5, 0.6) is 5.75 Å². The van der Waals surface area contributed by atoms with Crippen LogP contribution in [0.25, 0.3) is 0 Å². The van der Waals surface area contributed by atoms with E-state index in [0.29, 0.717) is 30.0 Å². The zero-order valence-electron chi connectivity index (χ0n) is 17.4. The number of ether oxygens (including phenoxy) is 1. The highest BCUT2D eigenvalue weighted by atomic mass is 19.4. The largest absolute Gasteiger partial charge is 0.573 e. The van der Waals surface area contributed by atoms with Gasteiger partial charge in [-0.25, -0.2) is 0 Å². The van der Waals surface area contributed by atoms with Gasteiger partial charge in [-0.1, -0.05) is 57.2 Å². The Morgan fingerprint density at radius 3 is 2.67 bits per heavy atom. The van der Waals surface area contributed by atoms with E-state index in [1.54, 1.807) is 18.2 Å². The van der Waals surface area contributed by atoms with E-state index in [4.69, 9.17) is 0 Å². The second kappa shape index (κ2) is 10.9. The van der Waals surface area contributed by atoms with E-state index in [-0.39, 0.29) is 11.7 Å². The third-order valence-corrected chi connectivity index (χ3v) is 4.92. The lowest BCUT2D eigenvalue weighted by atomic mass is 10.0. The summed E-state index contributed by atoms with van der Waals surface area (Å²) in [5.41, 5.74) is 3.00. The number of halogens is 3. The first-order chi connectivity index (χ1) is 14.2. The molecule has 0 aromatic heterocycles. The highest BCUT2D eigenvalue weighted by Crippen LogP contribution is 2.25. The van der Waals surface area contributed by atoms with Gasteiger partial charge < -0.3 is 10.1 Å². The number of carbonyl (C=O) groups excluding carboxylic acids is 1. The number of aryl methyl sites for hydroxylation is 1. The van der Waals surface area contributed by atoms with Gasteiger partial charge in [-0.05, 0) is 60.1 Å². The third kappa shape index (κ3) is 7.93. The molecular formula is C24H28F3NO2. The minimum Gasteiger partial charge on any atom is -0.406 e. The lowest BCUT2D eigenvalue weighted by Crippen LogP contribution is -2.29. The molecule has 2 rings (SSSR count). The van der Waals surface area contributed by atoms with Crippen LogP contribution in [0.4, 0.5) is 13.2 Å². The summed E-state index contributed by atoms with van der Waals surface area (Å²) < 4.78 is 41.0. The summed E-state index contributed by atoms with van der Waals surface area (Å²) in [6.45, 7) is 8.76. The van der Waals surface area contributed by atoms with Gasteiger partial charge in [-0.15, -0.1) is 13.2 Å². The molecule has 0 fully saturated rings. The molecule has 1 aliphatic rings. The van der Waals surface area contributed by atoms with E-state index in [9.17, 15) is 18.0 Å². The monoisotopic (exact) mass is 419 g/mol. The number of rotatable bonds is 9.